The van der Waals surface area contributed by atoms with Gasteiger partial charge in [0.25, 0.3) is 5.69 Å². The molecule has 1 aromatic carbocycles. The predicted molar refractivity (Wildman–Crippen MR) is 69.1 cm³/mol. The quantitative estimate of drug-likeness (QED) is 0.575. The minimum Gasteiger partial charge on any atom is -0.487 e. The molecule has 0 aliphatic carbocycles. The fraction of sp³-hybridized carbons (Fsp3) is 0.364. The van der Waals surface area contributed by atoms with Crippen molar-refractivity contribution in [2.24, 2.45) is 0 Å². The monoisotopic (exact) mass is 317 g/mol. The molecule has 10 heteroatoms. The van der Waals surface area contributed by atoms with Crippen LogP contribution in [0.5, 0.6) is 5.75 Å². The number of carboxylic acids is 1. The topological polar surface area (TPSA) is 144 Å². The van der Waals surface area contributed by atoms with E-state index in [-0.39, 0.29) is 5.75 Å². The van der Waals surface area contributed by atoms with Crippen molar-refractivity contribution < 1.29 is 33.1 Å². The Morgan fingerprint density at radius 1 is 1.38 bits per heavy atom. The van der Waals surface area contributed by atoms with Gasteiger partial charge in [-0.05, 0) is 6.07 Å². The van der Waals surface area contributed by atoms with Gasteiger partial charge < -0.3 is 14.9 Å². The number of nitrogens with zero attached hydrogens (tertiary/aromatic N) is 1. The van der Waals surface area contributed by atoms with Gasteiger partial charge in [-0.3, -0.25) is 10.1 Å². The Labute approximate surface area is 118 Å². The summed E-state index contributed by atoms with van der Waals surface area (Å²) in [6.07, 6.45) is -2.25. The van der Waals surface area contributed by atoms with Crippen molar-refractivity contribution in [2.45, 2.75) is 12.2 Å². The normalized spacial score (nSPS) is 23.7. The molecule has 2 rings (SSSR count). The van der Waals surface area contributed by atoms with Gasteiger partial charge in [0.1, 0.15) is 23.5 Å². The van der Waals surface area contributed by atoms with E-state index in [1.165, 1.54) is 0 Å². The minimum atomic E-state index is -3.41. The maximum Gasteiger partial charge on any atom is 0.342 e. The molecular formula is C11H11NO8S. The van der Waals surface area contributed by atoms with Crippen molar-refractivity contribution >= 4 is 21.5 Å². The molecule has 1 heterocycles. The zero-order chi connectivity index (χ0) is 15.8. The SMILES string of the molecule is O=C(O)c1cc(OC2CS(=O)(=O)CC2O)ccc1[N+](=O)[O-]. The summed E-state index contributed by atoms with van der Waals surface area (Å²) in [4.78, 5) is 20.8. The van der Waals surface area contributed by atoms with Crippen molar-refractivity contribution in [1.29, 1.82) is 0 Å². The molecule has 2 atom stereocenters. The molecule has 114 valence electrons. The van der Waals surface area contributed by atoms with Gasteiger partial charge in [-0.1, -0.05) is 0 Å². The smallest absolute Gasteiger partial charge is 0.342 e. The number of aromatic carboxylic acids is 1. The van der Waals surface area contributed by atoms with Crippen LogP contribution in [0.2, 0.25) is 0 Å². The number of nitro benzene ring substituents is 1. The second-order valence-electron chi connectivity index (χ2n) is 4.54. The molecule has 21 heavy (non-hydrogen) atoms. The van der Waals surface area contributed by atoms with Crippen LogP contribution in [0.25, 0.3) is 0 Å². The van der Waals surface area contributed by atoms with E-state index in [1.807, 2.05) is 0 Å². The van der Waals surface area contributed by atoms with E-state index in [9.17, 15) is 28.4 Å². The molecule has 1 aromatic rings. The lowest BCUT2D eigenvalue weighted by atomic mass is 10.1. The number of rotatable bonds is 4. The molecule has 0 aromatic heterocycles. The highest BCUT2D eigenvalue weighted by Gasteiger charge is 2.38. The average molecular weight is 317 g/mol. The lowest BCUT2D eigenvalue weighted by Crippen LogP contribution is -2.29. The molecule has 0 radical (unpaired) electrons. The average Bonchev–Trinajstić information content (AvgIpc) is 2.61. The Balaban J connectivity index is 2.28. The van der Waals surface area contributed by atoms with Crippen molar-refractivity contribution in [2.75, 3.05) is 11.5 Å². The van der Waals surface area contributed by atoms with E-state index in [1.54, 1.807) is 0 Å². The standard InChI is InChI=1S/C11H11NO8S/c13-9-4-21(18,19)5-10(9)20-6-1-2-8(12(16)17)7(3-6)11(14)15/h1-3,9-10,13H,4-5H2,(H,14,15). The Hall–Kier alpha value is -2.20. The summed E-state index contributed by atoms with van der Waals surface area (Å²) in [7, 11) is -3.41. The Morgan fingerprint density at radius 2 is 2.05 bits per heavy atom. The number of benzene rings is 1. The highest BCUT2D eigenvalue weighted by atomic mass is 32.2. The van der Waals surface area contributed by atoms with E-state index in [2.05, 4.69) is 0 Å². The number of aliphatic hydroxyl groups excluding tert-OH is 1. The Morgan fingerprint density at radius 3 is 2.52 bits per heavy atom. The third kappa shape index (κ3) is 3.28. The van der Waals surface area contributed by atoms with Crippen LogP contribution in [-0.2, 0) is 9.84 Å². The first-order valence-electron chi connectivity index (χ1n) is 5.76. The number of hydrogen-bond acceptors (Lipinski definition) is 7. The summed E-state index contributed by atoms with van der Waals surface area (Å²) in [5.74, 6) is -2.39. The van der Waals surface area contributed by atoms with Gasteiger partial charge in [0.2, 0.25) is 0 Å². The second kappa shape index (κ2) is 5.30. The lowest BCUT2D eigenvalue weighted by molar-refractivity contribution is -0.385. The van der Waals surface area contributed by atoms with E-state index in [0.29, 0.717) is 0 Å². The third-order valence-corrected chi connectivity index (χ3v) is 4.64. The van der Waals surface area contributed by atoms with Crippen LogP contribution in [0, 0.1) is 10.1 Å². The third-order valence-electron chi connectivity index (χ3n) is 2.95. The van der Waals surface area contributed by atoms with Crippen LogP contribution in [0.3, 0.4) is 0 Å². The summed E-state index contributed by atoms with van der Waals surface area (Å²) in [5.41, 5.74) is -1.18. The zero-order valence-corrected chi connectivity index (χ0v) is 11.3. The molecule has 1 saturated heterocycles. The summed E-state index contributed by atoms with van der Waals surface area (Å²) in [6.45, 7) is 0. The van der Waals surface area contributed by atoms with Crippen molar-refractivity contribution in [3.8, 4) is 5.75 Å². The number of carboxylic acid groups (broad SMARTS) is 1. The molecule has 1 fully saturated rings. The molecule has 1 aliphatic rings. The summed E-state index contributed by atoms with van der Waals surface area (Å²) >= 11 is 0. The maximum absolute atomic E-state index is 11.3. The van der Waals surface area contributed by atoms with Crippen LogP contribution in [-0.4, -0.2) is 53.2 Å². The number of ether oxygens (including phenoxy) is 1. The number of aliphatic hydroxyl groups is 1. The van der Waals surface area contributed by atoms with E-state index in [4.69, 9.17) is 9.84 Å². The molecule has 0 saturated carbocycles. The van der Waals surface area contributed by atoms with Gasteiger partial charge in [0, 0.05) is 12.1 Å². The number of hydrogen-bond donors (Lipinski definition) is 2. The van der Waals surface area contributed by atoms with Crippen LogP contribution in [0.4, 0.5) is 5.69 Å². The number of nitro groups is 1. The molecule has 0 bridgehead atoms. The van der Waals surface area contributed by atoms with E-state index >= 15 is 0 Å². The fourth-order valence-corrected chi connectivity index (χ4v) is 3.67. The first-order chi connectivity index (χ1) is 9.69. The fourth-order valence-electron chi connectivity index (χ4n) is 2.00. The minimum absolute atomic E-state index is 0.0563. The van der Waals surface area contributed by atoms with E-state index < -0.39 is 55.7 Å². The van der Waals surface area contributed by atoms with Gasteiger partial charge in [0.05, 0.1) is 16.4 Å². The molecule has 0 spiro atoms. The number of carbonyl (C=O) groups is 1. The van der Waals surface area contributed by atoms with Gasteiger partial charge in [-0.15, -0.1) is 0 Å². The van der Waals surface area contributed by atoms with Crippen LogP contribution in [0.15, 0.2) is 18.2 Å². The zero-order valence-electron chi connectivity index (χ0n) is 10.5. The summed E-state index contributed by atoms with van der Waals surface area (Å²) in [5, 5.41) is 29.2. The molecule has 9 nitrogen and oxygen atoms in total. The highest BCUT2D eigenvalue weighted by molar-refractivity contribution is 7.91. The highest BCUT2D eigenvalue weighted by Crippen LogP contribution is 2.26. The van der Waals surface area contributed by atoms with Crippen LogP contribution >= 0.6 is 0 Å². The van der Waals surface area contributed by atoms with Crippen LogP contribution in [0.1, 0.15) is 10.4 Å². The largest absolute Gasteiger partial charge is 0.487 e. The summed E-state index contributed by atoms with van der Waals surface area (Å²) < 4.78 is 27.9. The molecule has 2 unspecified atom stereocenters. The predicted octanol–water partition coefficient (Wildman–Crippen LogP) is -0.170. The molecule has 1 aliphatic heterocycles. The van der Waals surface area contributed by atoms with E-state index in [0.717, 1.165) is 18.2 Å². The summed E-state index contributed by atoms with van der Waals surface area (Å²) in [6, 6.07) is 3.04. The van der Waals surface area contributed by atoms with Gasteiger partial charge in [-0.25, -0.2) is 13.2 Å². The van der Waals surface area contributed by atoms with Crippen molar-refractivity contribution in [3.63, 3.8) is 0 Å². The molecule has 2 N–H and O–H groups in total. The lowest BCUT2D eigenvalue weighted by Gasteiger charge is -2.15. The number of sulfone groups is 1. The van der Waals surface area contributed by atoms with Crippen LogP contribution < -0.4 is 4.74 Å². The molecule has 0 amide bonds. The van der Waals surface area contributed by atoms with Gasteiger partial charge in [0.15, 0.2) is 9.84 Å². The molecular weight excluding hydrogens is 306 g/mol. The van der Waals surface area contributed by atoms with Gasteiger partial charge >= 0.3 is 5.97 Å². The Kier molecular flexibility index (Phi) is 3.83. The van der Waals surface area contributed by atoms with Crippen molar-refractivity contribution in [1.82, 2.24) is 0 Å². The van der Waals surface area contributed by atoms with Crippen molar-refractivity contribution in [3.05, 3.63) is 33.9 Å². The van der Waals surface area contributed by atoms with Gasteiger partial charge in [-0.2, -0.15) is 0 Å². The first-order valence-corrected chi connectivity index (χ1v) is 7.58. The Bertz CT molecular complexity index is 698. The maximum atomic E-state index is 11.3. The first kappa shape index (κ1) is 15.2. The second-order valence-corrected chi connectivity index (χ2v) is 6.70.